The molecule has 16 heavy (non-hydrogen) atoms. The fraction of sp³-hybridized carbons (Fsp3) is 0.643. The van der Waals surface area contributed by atoms with Gasteiger partial charge in [0, 0.05) is 12.2 Å². The van der Waals surface area contributed by atoms with Crippen LogP contribution in [0.5, 0.6) is 0 Å². The SMILES string of the molecule is Cc1ncccc1NC1C(C)CCCC1C. The summed E-state index contributed by atoms with van der Waals surface area (Å²) in [5.41, 5.74) is 2.31. The second-order valence-corrected chi connectivity index (χ2v) is 5.19. The number of aryl methyl sites for hydroxylation is 1. The number of anilines is 1. The molecule has 2 atom stereocenters. The largest absolute Gasteiger partial charge is 0.380 e. The third-order valence-corrected chi connectivity index (χ3v) is 3.87. The van der Waals surface area contributed by atoms with Crippen molar-refractivity contribution in [3.63, 3.8) is 0 Å². The first kappa shape index (κ1) is 11.4. The molecule has 0 bridgehead atoms. The smallest absolute Gasteiger partial charge is 0.0603 e. The molecule has 0 aromatic carbocycles. The quantitative estimate of drug-likeness (QED) is 0.820. The van der Waals surface area contributed by atoms with Crippen LogP contribution in [-0.4, -0.2) is 11.0 Å². The molecule has 2 nitrogen and oxygen atoms in total. The van der Waals surface area contributed by atoms with E-state index < -0.39 is 0 Å². The maximum Gasteiger partial charge on any atom is 0.0603 e. The Morgan fingerprint density at radius 1 is 1.25 bits per heavy atom. The lowest BCUT2D eigenvalue weighted by atomic mass is 9.78. The number of hydrogen-bond donors (Lipinski definition) is 1. The van der Waals surface area contributed by atoms with Crippen molar-refractivity contribution in [3.05, 3.63) is 24.0 Å². The van der Waals surface area contributed by atoms with Gasteiger partial charge in [0.15, 0.2) is 0 Å². The molecule has 1 saturated carbocycles. The molecule has 1 fully saturated rings. The number of pyridine rings is 1. The van der Waals surface area contributed by atoms with Crippen molar-refractivity contribution in [2.24, 2.45) is 11.8 Å². The van der Waals surface area contributed by atoms with E-state index in [1.165, 1.54) is 24.9 Å². The molecule has 1 aromatic rings. The van der Waals surface area contributed by atoms with Gasteiger partial charge in [-0.2, -0.15) is 0 Å². The summed E-state index contributed by atoms with van der Waals surface area (Å²) < 4.78 is 0. The minimum atomic E-state index is 0.608. The van der Waals surface area contributed by atoms with Crippen molar-refractivity contribution in [2.45, 2.75) is 46.1 Å². The van der Waals surface area contributed by atoms with E-state index in [1.807, 2.05) is 12.3 Å². The molecule has 2 rings (SSSR count). The summed E-state index contributed by atoms with van der Waals surface area (Å²) in [6.45, 7) is 6.79. The molecule has 1 aromatic heterocycles. The molecular formula is C14H22N2. The summed E-state index contributed by atoms with van der Waals surface area (Å²) in [5, 5.41) is 3.69. The Morgan fingerprint density at radius 2 is 1.94 bits per heavy atom. The van der Waals surface area contributed by atoms with E-state index in [1.54, 1.807) is 0 Å². The first-order chi connectivity index (χ1) is 7.68. The Kier molecular flexibility index (Phi) is 3.47. The lowest BCUT2D eigenvalue weighted by molar-refractivity contribution is 0.268. The normalized spacial score (nSPS) is 30.1. The molecule has 2 unspecified atom stereocenters. The second kappa shape index (κ2) is 4.86. The lowest BCUT2D eigenvalue weighted by Gasteiger charge is -2.36. The van der Waals surface area contributed by atoms with Gasteiger partial charge >= 0.3 is 0 Å². The van der Waals surface area contributed by atoms with Gasteiger partial charge in [0.2, 0.25) is 0 Å². The molecule has 1 heterocycles. The maximum atomic E-state index is 4.33. The van der Waals surface area contributed by atoms with Gasteiger partial charge in [0.1, 0.15) is 0 Å². The van der Waals surface area contributed by atoms with Crippen LogP contribution in [0.1, 0.15) is 38.8 Å². The third kappa shape index (κ3) is 2.37. The van der Waals surface area contributed by atoms with E-state index in [9.17, 15) is 0 Å². The van der Waals surface area contributed by atoms with Gasteiger partial charge in [0.05, 0.1) is 11.4 Å². The van der Waals surface area contributed by atoms with Crippen molar-refractivity contribution in [1.82, 2.24) is 4.98 Å². The van der Waals surface area contributed by atoms with E-state index in [4.69, 9.17) is 0 Å². The highest BCUT2D eigenvalue weighted by Gasteiger charge is 2.27. The summed E-state index contributed by atoms with van der Waals surface area (Å²) in [7, 11) is 0. The first-order valence-corrected chi connectivity index (χ1v) is 6.36. The molecule has 88 valence electrons. The summed E-state index contributed by atoms with van der Waals surface area (Å²) in [4.78, 5) is 4.33. The molecular weight excluding hydrogens is 196 g/mol. The Morgan fingerprint density at radius 3 is 2.56 bits per heavy atom. The highest BCUT2D eigenvalue weighted by atomic mass is 15.0. The summed E-state index contributed by atoms with van der Waals surface area (Å²) in [5.74, 6) is 1.53. The molecule has 1 aliphatic rings. The Bertz CT molecular complexity index is 338. The van der Waals surface area contributed by atoms with Crippen LogP contribution in [-0.2, 0) is 0 Å². The van der Waals surface area contributed by atoms with Crippen LogP contribution in [0.4, 0.5) is 5.69 Å². The molecule has 0 saturated heterocycles. The monoisotopic (exact) mass is 218 g/mol. The number of nitrogens with zero attached hydrogens (tertiary/aromatic N) is 1. The third-order valence-electron chi connectivity index (χ3n) is 3.87. The van der Waals surface area contributed by atoms with Crippen LogP contribution < -0.4 is 5.32 Å². The molecule has 0 amide bonds. The van der Waals surface area contributed by atoms with Crippen molar-refractivity contribution < 1.29 is 0 Å². The molecule has 0 aliphatic heterocycles. The Balaban J connectivity index is 2.11. The molecule has 0 spiro atoms. The van der Waals surface area contributed by atoms with Crippen molar-refractivity contribution >= 4 is 5.69 Å². The fourth-order valence-electron chi connectivity index (χ4n) is 2.78. The second-order valence-electron chi connectivity index (χ2n) is 5.19. The minimum Gasteiger partial charge on any atom is -0.380 e. The van der Waals surface area contributed by atoms with E-state index in [0.29, 0.717) is 6.04 Å². The summed E-state index contributed by atoms with van der Waals surface area (Å²) in [6.07, 6.45) is 5.93. The van der Waals surface area contributed by atoms with E-state index in [2.05, 4.69) is 37.1 Å². The van der Waals surface area contributed by atoms with Crippen molar-refractivity contribution in [1.29, 1.82) is 0 Å². The number of nitrogens with one attached hydrogen (secondary N) is 1. The topological polar surface area (TPSA) is 24.9 Å². The zero-order valence-electron chi connectivity index (χ0n) is 10.5. The van der Waals surface area contributed by atoms with Crippen LogP contribution in [0.15, 0.2) is 18.3 Å². The molecule has 1 N–H and O–H groups in total. The van der Waals surface area contributed by atoms with Gasteiger partial charge in [-0.1, -0.05) is 20.3 Å². The molecule has 0 radical (unpaired) electrons. The van der Waals surface area contributed by atoms with Crippen LogP contribution in [0, 0.1) is 18.8 Å². The van der Waals surface area contributed by atoms with Crippen LogP contribution >= 0.6 is 0 Å². The number of aromatic nitrogens is 1. The van der Waals surface area contributed by atoms with Crippen LogP contribution in [0.3, 0.4) is 0 Å². The summed E-state index contributed by atoms with van der Waals surface area (Å²) in [6, 6.07) is 4.75. The average molecular weight is 218 g/mol. The van der Waals surface area contributed by atoms with Gasteiger partial charge in [-0.15, -0.1) is 0 Å². The van der Waals surface area contributed by atoms with Crippen LogP contribution in [0.2, 0.25) is 0 Å². The Hall–Kier alpha value is -1.05. The first-order valence-electron chi connectivity index (χ1n) is 6.36. The number of rotatable bonds is 2. The van der Waals surface area contributed by atoms with Gasteiger partial charge in [-0.3, -0.25) is 4.98 Å². The van der Waals surface area contributed by atoms with Crippen molar-refractivity contribution in [2.75, 3.05) is 5.32 Å². The van der Waals surface area contributed by atoms with E-state index in [0.717, 1.165) is 17.5 Å². The number of hydrogen-bond acceptors (Lipinski definition) is 2. The van der Waals surface area contributed by atoms with Gasteiger partial charge in [0.25, 0.3) is 0 Å². The van der Waals surface area contributed by atoms with Crippen molar-refractivity contribution in [3.8, 4) is 0 Å². The lowest BCUT2D eigenvalue weighted by Crippen LogP contribution is -2.37. The summed E-state index contributed by atoms with van der Waals surface area (Å²) >= 11 is 0. The Labute approximate surface area is 98.5 Å². The minimum absolute atomic E-state index is 0.608. The van der Waals surface area contributed by atoms with E-state index in [-0.39, 0.29) is 0 Å². The highest BCUT2D eigenvalue weighted by molar-refractivity contribution is 5.47. The zero-order chi connectivity index (χ0) is 11.5. The maximum absolute atomic E-state index is 4.33. The van der Waals surface area contributed by atoms with Gasteiger partial charge in [-0.05, 0) is 43.7 Å². The van der Waals surface area contributed by atoms with Gasteiger partial charge < -0.3 is 5.32 Å². The average Bonchev–Trinajstić information content (AvgIpc) is 2.26. The van der Waals surface area contributed by atoms with Gasteiger partial charge in [-0.25, -0.2) is 0 Å². The predicted octanol–water partition coefficient (Wildman–Crippen LogP) is 3.63. The highest BCUT2D eigenvalue weighted by Crippen LogP contribution is 2.31. The standard InChI is InChI=1S/C14H22N2/c1-10-6-4-7-11(2)14(10)16-13-8-5-9-15-12(13)3/h5,8-11,14,16H,4,6-7H2,1-3H3. The fourth-order valence-corrected chi connectivity index (χ4v) is 2.78. The van der Waals surface area contributed by atoms with E-state index >= 15 is 0 Å². The molecule has 2 heteroatoms. The molecule has 1 aliphatic carbocycles. The van der Waals surface area contributed by atoms with Crippen LogP contribution in [0.25, 0.3) is 0 Å². The predicted molar refractivity (Wildman–Crippen MR) is 68.6 cm³/mol. The zero-order valence-corrected chi connectivity index (χ0v) is 10.5.